The lowest BCUT2D eigenvalue weighted by Gasteiger charge is -2.22. The fourth-order valence-electron chi connectivity index (χ4n) is 2.61. The zero-order valence-electron chi connectivity index (χ0n) is 13.4. The average molecular weight is 345 g/mol. The normalized spacial score (nSPS) is 19.8. The van der Waals surface area contributed by atoms with E-state index >= 15 is 0 Å². The molecule has 2 aromatic rings. The summed E-state index contributed by atoms with van der Waals surface area (Å²) in [6, 6.07) is 9.63. The van der Waals surface area contributed by atoms with Crippen molar-refractivity contribution in [2.75, 3.05) is 6.61 Å². The average Bonchev–Trinajstić information content (AvgIpc) is 3.16. The molecule has 1 aliphatic rings. The number of aryl methyl sites for hydroxylation is 1. The van der Waals surface area contributed by atoms with Gasteiger partial charge in [-0.2, -0.15) is 0 Å². The van der Waals surface area contributed by atoms with Crippen molar-refractivity contribution in [2.24, 2.45) is 10.9 Å². The van der Waals surface area contributed by atoms with Crippen LogP contribution in [-0.2, 0) is 27.4 Å². The van der Waals surface area contributed by atoms with Gasteiger partial charge < -0.3 is 15.3 Å². The van der Waals surface area contributed by atoms with Gasteiger partial charge >= 0.3 is 0 Å². The maximum Gasteiger partial charge on any atom is 0.265 e. The van der Waals surface area contributed by atoms with E-state index in [1.54, 1.807) is 11.3 Å². The Hall–Kier alpha value is -2.25. The first-order valence-electron chi connectivity index (χ1n) is 7.64. The molecule has 6 nitrogen and oxygen atoms in total. The lowest BCUT2D eigenvalue weighted by atomic mass is 9.89. The van der Waals surface area contributed by atoms with E-state index in [-0.39, 0.29) is 0 Å². The molecule has 2 N–H and O–H groups in total. The van der Waals surface area contributed by atoms with Crippen LogP contribution in [0.5, 0.6) is 0 Å². The Morgan fingerprint density at radius 1 is 1.38 bits per heavy atom. The summed E-state index contributed by atoms with van der Waals surface area (Å²) < 4.78 is 5.62. The molecule has 0 aliphatic carbocycles. The Kier molecular flexibility index (Phi) is 4.92. The van der Waals surface area contributed by atoms with E-state index in [4.69, 9.17) is 15.3 Å². The summed E-state index contributed by atoms with van der Waals surface area (Å²) in [4.78, 5) is 21.7. The molecule has 0 radical (unpaired) electrons. The predicted octanol–water partition coefficient (Wildman–Crippen LogP) is 2.21. The molecule has 0 fully saturated rings. The van der Waals surface area contributed by atoms with E-state index in [0.717, 1.165) is 16.3 Å². The predicted molar refractivity (Wildman–Crippen MR) is 91.7 cm³/mol. The molecule has 2 heterocycles. The highest BCUT2D eigenvalue weighted by atomic mass is 32.1. The Labute approximate surface area is 144 Å². The molecule has 1 atom stereocenters. The van der Waals surface area contributed by atoms with E-state index in [1.807, 2.05) is 42.6 Å². The number of hydrogen-bond acceptors (Lipinski definition) is 6. The largest absolute Gasteiger partial charge is 0.378 e. The number of rotatable bonds is 7. The van der Waals surface area contributed by atoms with Gasteiger partial charge in [-0.15, -0.1) is 11.3 Å². The summed E-state index contributed by atoms with van der Waals surface area (Å²) in [6.07, 6.45) is 0.731. The van der Waals surface area contributed by atoms with Gasteiger partial charge in [-0.3, -0.25) is 4.79 Å². The summed E-state index contributed by atoms with van der Waals surface area (Å²) >= 11 is 1.58. The second-order valence-corrected chi connectivity index (χ2v) is 6.86. The minimum absolute atomic E-state index is 0.292. The quantitative estimate of drug-likeness (QED) is 0.833. The first-order chi connectivity index (χ1) is 11.6. The SMILES string of the molecule is Cc1nc(COCC2=NOC(Cc3ccccc3)(C(N)=O)C2)cs1. The maximum atomic E-state index is 11.9. The number of carbonyl (C=O) groups excluding carboxylic acids is 1. The second-order valence-electron chi connectivity index (χ2n) is 5.80. The van der Waals surface area contributed by atoms with Gasteiger partial charge in [0.25, 0.3) is 5.91 Å². The van der Waals surface area contributed by atoms with Crippen LogP contribution >= 0.6 is 11.3 Å². The monoisotopic (exact) mass is 345 g/mol. The lowest BCUT2D eigenvalue weighted by Crippen LogP contribution is -2.46. The van der Waals surface area contributed by atoms with Crippen molar-refractivity contribution in [1.29, 1.82) is 0 Å². The van der Waals surface area contributed by atoms with E-state index in [1.165, 1.54) is 0 Å². The standard InChI is InChI=1S/C17H19N3O3S/c1-12-19-15(11-24-12)10-22-9-14-8-17(16(18)21,23-20-14)7-13-5-3-2-4-6-13/h2-6,11H,7-10H2,1H3,(H2,18,21). The summed E-state index contributed by atoms with van der Waals surface area (Å²) in [7, 11) is 0. The molecule has 24 heavy (non-hydrogen) atoms. The van der Waals surface area contributed by atoms with Crippen LogP contribution < -0.4 is 5.73 Å². The molecule has 0 bridgehead atoms. The third-order valence-electron chi connectivity index (χ3n) is 3.81. The Morgan fingerprint density at radius 3 is 2.83 bits per heavy atom. The smallest absolute Gasteiger partial charge is 0.265 e. The molecule has 0 spiro atoms. The van der Waals surface area contributed by atoms with Crippen LogP contribution in [-0.4, -0.2) is 28.8 Å². The van der Waals surface area contributed by atoms with Crippen molar-refractivity contribution < 1.29 is 14.4 Å². The summed E-state index contributed by atoms with van der Waals surface area (Å²) in [5.74, 6) is -0.514. The highest BCUT2D eigenvalue weighted by Crippen LogP contribution is 2.28. The van der Waals surface area contributed by atoms with Gasteiger partial charge in [-0.1, -0.05) is 35.5 Å². The van der Waals surface area contributed by atoms with Gasteiger partial charge in [0.1, 0.15) is 0 Å². The zero-order valence-corrected chi connectivity index (χ0v) is 14.2. The third kappa shape index (κ3) is 3.80. The molecule has 1 amide bonds. The van der Waals surface area contributed by atoms with Gasteiger partial charge in [0, 0.05) is 18.2 Å². The number of primary amides is 1. The van der Waals surface area contributed by atoms with Gasteiger partial charge in [0.2, 0.25) is 5.60 Å². The number of nitrogens with two attached hydrogens (primary N) is 1. The van der Waals surface area contributed by atoms with Crippen molar-refractivity contribution in [3.63, 3.8) is 0 Å². The van der Waals surface area contributed by atoms with Crippen molar-refractivity contribution in [3.8, 4) is 0 Å². The zero-order chi connectivity index (χ0) is 17.0. The Balaban J connectivity index is 1.57. The van der Waals surface area contributed by atoms with Crippen LogP contribution in [0.1, 0.15) is 22.7 Å². The summed E-state index contributed by atoms with van der Waals surface area (Å²) in [5.41, 5.74) is 7.00. The van der Waals surface area contributed by atoms with E-state index < -0.39 is 11.5 Å². The molecule has 0 saturated carbocycles. The highest BCUT2D eigenvalue weighted by molar-refractivity contribution is 7.09. The fourth-order valence-corrected chi connectivity index (χ4v) is 3.21. The lowest BCUT2D eigenvalue weighted by molar-refractivity contribution is -0.140. The molecule has 7 heteroatoms. The summed E-state index contributed by atoms with van der Waals surface area (Å²) in [5, 5.41) is 6.99. The molecule has 126 valence electrons. The first-order valence-corrected chi connectivity index (χ1v) is 8.52. The fraction of sp³-hybridized carbons (Fsp3) is 0.353. The van der Waals surface area contributed by atoms with Crippen molar-refractivity contribution >= 4 is 23.0 Å². The van der Waals surface area contributed by atoms with Gasteiger partial charge in [-0.05, 0) is 12.5 Å². The van der Waals surface area contributed by atoms with E-state index in [0.29, 0.717) is 31.8 Å². The maximum absolute atomic E-state index is 11.9. The van der Waals surface area contributed by atoms with E-state index in [9.17, 15) is 4.79 Å². The topological polar surface area (TPSA) is 86.8 Å². The van der Waals surface area contributed by atoms with Crippen LogP contribution in [0.4, 0.5) is 0 Å². The highest BCUT2D eigenvalue weighted by Gasteiger charge is 2.45. The number of benzene rings is 1. The minimum atomic E-state index is -1.13. The number of thiazole rings is 1. The van der Waals surface area contributed by atoms with Crippen molar-refractivity contribution in [3.05, 3.63) is 52.0 Å². The number of carbonyl (C=O) groups is 1. The summed E-state index contributed by atoms with van der Waals surface area (Å²) in [6.45, 7) is 2.65. The van der Waals surface area contributed by atoms with Gasteiger partial charge in [0.15, 0.2) is 0 Å². The van der Waals surface area contributed by atoms with Crippen molar-refractivity contribution in [2.45, 2.75) is 32.0 Å². The number of hydrogen-bond donors (Lipinski definition) is 1. The molecular weight excluding hydrogens is 326 g/mol. The molecular formula is C17H19N3O3S. The number of aromatic nitrogens is 1. The Morgan fingerprint density at radius 2 is 2.17 bits per heavy atom. The number of ether oxygens (including phenoxy) is 1. The van der Waals surface area contributed by atoms with Gasteiger partial charge in [0.05, 0.1) is 29.6 Å². The number of amides is 1. The van der Waals surface area contributed by atoms with Crippen LogP contribution in [0.3, 0.4) is 0 Å². The first kappa shape index (κ1) is 16.6. The molecule has 0 saturated heterocycles. The molecule has 1 aliphatic heterocycles. The minimum Gasteiger partial charge on any atom is -0.378 e. The van der Waals surface area contributed by atoms with Crippen LogP contribution in [0.2, 0.25) is 0 Å². The van der Waals surface area contributed by atoms with Crippen LogP contribution in [0, 0.1) is 6.92 Å². The number of oxime groups is 1. The third-order valence-corrected chi connectivity index (χ3v) is 4.63. The molecule has 1 aromatic heterocycles. The van der Waals surface area contributed by atoms with Crippen LogP contribution in [0.15, 0.2) is 40.9 Å². The van der Waals surface area contributed by atoms with Crippen LogP contribution in [0.25, 0.3) is 0 Å². The van der Waals surface area contributed by atoms with Crippen molar-refractivity contribution in [1.82, 2.24) is 4.98 Å². The molecule has 3 rings (SSSR count). The number of nitrogens with zero attached hydrogens (tertiary/aromatic N) is 2. The second kappa shape index (κ2) is 7.11. The van der Waals surface area contributed by atoms with E-state index in [2.05, 4.69) is 10.1 Å². The molecule has 1 aromatic carbocycles. The Bertz CT molecular complexity index is 745. The molecule has 1 unspecified atom stereocenters. The van der Waals surface area contributed by atoms with Gasteiger partial charge in [-0.25, -0.2) is 4.98 Å².